The third kappa shape index (κ3) is 3.62. The number of alkyl halides is 3. The minimum atomic E-state index is -4.75. The van der Waals surface area contributed by atoms with Gasteiger partial charge in [0.2, 0.25) is 0 Å². The van der Waals surface area contributed by atoms with Gasteiger partial charge in [-0.2, -0.15) is 13.2 Å². The minimum absolute atomic E-state index is 0.0468. The molecule has 0 aromatic heterocycles. The van der Waals surface area contributed by atoms with Gasteiger partial charge in [-0.25, -0.2) is 14.8 Å². The van der Waals surface area contributed by atoms with Crippen molar-refractivity contribution in [2.24, 2.45) is 0 Å². The lowest BCUT2D eigenvalue weighted by atomic mass is 10.1. The summed E-state index contributed by atoms with van der Waals surface area (Å²) in [7, 11) is 1.33. The Kier molecular flexibility index (Phi) is 4.91. The SMILES string of the molecule is CNN(C(=O)c1c(Cl)cccc1C(F)(F)F)c1cccc(F)c1. The van der Waals surface area contributed by atoms with E-state index >= 15 is 0 Å². The highest BCUT2D eigenvalue weighted by Crippen LogP contribution is 2.36. The molecule has 0 bridgehead atoms. The molecule has 0 saturated carbocycles. The molecule has 0 unspecified atom stereocenters. The Morgan fingerprint density at radius 3 is 2.39 bits per heavy atom. The largest absolute Gasteiger partial charge is 0.417 e. The van der Waals surface area contributed by atoms with E-state index in [1.54, 1.807) is 0 Å². The number of carbonyl (C=O) groups is 1. The predicted octanol–water partition coefficient (Wildman–Crippen LogP) is 4.28. The summed E-state index contributed by atoms with van der Waals surface area (Å²) in [6, 6.07) is 7.92. The van der Waals surface area contributed by atoms with E-state index in [0.717, 1.165) is 29.3 Å². The molecule has 0 atom stereocenters. The molecule has 122 valence electrons. The first kappa shape index (κ1) is 17.2. The van der Waals surface area contributed by atoms with Crippen molar-refractivity contribution in [1.29, 1.82) is 0 Å². The summed E-state index contributed by atoms with van der Waals surface area (Å²) in [4.78, 5) is 12.5. The van der Waals surface area contributed by atoms with Crippen molar-refractivity contribution in [3.8, 4) is 0 Å². The van der Waals surface area contributed by atoms with Crippen LogP contribution in [0.5, 0.6) is 0 Å². The number of hydrogen-bond donors (Lipinski definition) is 1. The van der Waals surface area contributed by atoms with Crippen LogP contribution in [-0.2, 0) is 6.18 Å². The number of amides is 1. The van der Waals surface area contributed by atoms with Gasteiger partial charge in [0.15, 0.2) is 0 Å². The van der Waals surface area contributed by atoms with E-state index in [1.807, 2.05) is 0 Å². The molecule has 0 saturated heterocycles. The second kappa shape index (κ2) is 6.55. The number of benzene rings is 2. The zero-order valence-electron chi connectivity index (χ0n) is 11.8. The van der Waals surface area contributed by atoms with E-state index in [0.29, 0.717) is 0 Å². The van der Waals surface area contributed by atoms with Crippen LogP contribution in [0.4, 0.5) is 23.2 Å². The van der Waals surface area contributed by atoms with Gasteiger partial charge in [0.05, 0.1) is 21.8 Å². The fraction of sp³-hybridized carbons (Fsp3) is 0.133. The highest BCUT2D eigenvalue weighted by atomic mass is 35.5. The Morgan fingerprint density at radius 1 is 1.17 bits per heavy atom. The van der Waals surface area contributed by atoms with E-state index < -0.39 is 29.0 Å². The van der Waals surface area contributed by atoms with Crippen LogP contribution in [-0.4, -0.2) is 13.0 Å². The van der Waals surface area contributed by atoms with Crippen LogP contribution in [0.3, 0.4) is 0 Å². The Morgan fingerprint density at radius 2 is 1.83 bits per heavy atom. The molecule has 23 heavy (non-hydrogen) atoms. The lowest BCUT2D eigenvalue weighted by Crippen LogP contribution is -2.41. The molecule has 1 N–H and O–H groups in total. The topological polar surface area (TPSA) is 32.3 Å². The number of anilines is 1. The summed E-state index contributed by atoms with van der Waals surface area (Å²) in [6.07, 6.45) is -4.75. The van der Waals surface area contributed by atoms with Crippen LogP contribution < -0.4 is 10.4 Å². The zero-order chi connectivity index (χ0) is 17.2. The van der Waals surface area contributed by atoms with Gasteiger partial charge in [0, 0.05) is 7.05 Å². The first-order chi connectivity index (χ1) is 10.8. The van der Waals surface area contributed by atoms with Gasteiger partial charge >= 0.3 is 6.18 Å². The van der Waals surface area contributed by atoms with Crippen molar-refractivity contribution >= 4 is 23.2 Å². The van der Waals surface area contributed by atoms with E-state index in [9.17, 15) is 22.4 Å². The Hall–Kier alpha value is -2.12. The average Bonchev–Trinajstić information content (AvgIpc) is 2.46. The van der Waals surface area contributed by atoms with Crippen LogP contribution in [0.2, 0.25) is 5.02 Å². The summed E-state index contributed by atoms with van der Waals surface area (Å²) in [5, 5.41) is 0.445. The van der Waals surface area contributed by atoms with Crippen molar-refractivity contribution in [3.05, 3.63) is 64.4 Å². The normalized spacial score (nSPS) is 11.4. The van der Waals surface area contributed by atoms with Crippen molar-refractivity contribution in [2.75, 3.05) is 12.1 Å². The molecule has 0 radical (unpaired) electrons. The third-order valence-electron chi connectivity index (χ3n) is 3.03. The standard InChI is InChI=1S/C15H11ClF4N2O/c1-21-22(10-5-2-4-9(17)8-10)14(23)13-11(15(18,19)20)6-3-7-12(13)16/h2-8,21H,1H3. The highest BCUT2D eigenvalue weighted by molar-refractivity contribution is 6.34. The molecule has 0 fully saturated rings. The van der Waals surface area contributed by atoms with Gasteiger partial charge in [-0.1, -0.05) is 23.7 Å². The number of nitrogens with one attached hydrogen (secondary N) is 1. The fourth-order valence-corrected chi connectivity index (χ4v) is 2.31. The minimum Gasteiger partial charge on any atom is -0.267 e. The van der Waals surface area contributed by atoms with Crippen LogP contribution in [0, 0.1) is 5.82 Å². The molecule has 8 heteroatoms. The molecule has 2 rings (SSSR count). The summed E-state index contributed by atoms with van der Waals surface area (Å²) in [5.74, 6) is -1.68. The quantitative estimate of drug-likeness (QED) is 0.664. The molecular weight excluding hydrogens is 336 g/mol. The number of hydrogen-bond acceptors (Lipinski definition) is 2. The predicted molar refractivity (Wildman–Crippen MR) is 78.7 cm³/mol. The lowest BCUT2D eigenvalue weighted by Gasteiger charge is -2.23. The van der Waals surface area contributed by atoms with E-state index in [4.69, 9.17) is 11.6 Å². The molecule has 0 heterocycles. The van der Waals surface area contributed by atoms with Gasteiger partial charge < -0.3 is 0 Å². The Balaban J connectivity index is 2.55. The first-order valence-corrected chi connectivity index (χ1v) is 6.76. The van der Waals surface area contributed by atoms with Crippen molar-refractivity contribution in [1.82, 2.24) is 5.43 Å². The molecular formula is C15H11ClF4N2O. The molecule has 0 spiro atoms. The molecule has 1 amide bonds. The van der Waals surface area contributed by atoms with Crippen LogP contribution in [0.1, 0.15) is 15.9 Å². The number of carbonyl (C=O) groups excluding carboxylic acids is 1. The Labute approximate surface area is 134 Å². The van der Waals surface area contributed by atoms with Gasteiger partial charge in [-0.05, 0) is 30.3 Å². The maximum absolute atomic E-state index is 13.3. The monoisotopic (exact) mass is 346 g/mol. The third-order valence-corrected chi connectivity index (χ3v) is 3.34. The van der Waals surface area contributed by atoms with Gasteiger partial charge in [-0.3, -0.25) is 4.79 Å². The number of rotatable bonds is 3. The fourth-order valence-electron chi connectivity index (χ4n) is 2.05. The van der Waals surface area contributed by atoms with Gasteiger partial charge in [-0.15, -0.1) is 0 Å². The summed E-state index contributed by atoms with van der Waals surface area (Å²) in [6.45, 7) is 0. The van der Waals surface area contributed by atoms with E-state index in [2.05, 4.69) is 5.43 Å². The highest BCUT2D eigenvalue weighted by Gasteiger charge is 2.37. The smallest absolute Gasteiger partial charge is 0.267 e. The maximum atomic E-state index is 13.3. The van der Waals surface area contributed by atoms with Gasteiger partial charge in [0.25, 0.3) is 5.91 Å². The van der Waals surface area contributed by atoms with E-state index in [1.165, 1.54) is 25.2 Å². The summed E-state index contributed by atoms with van der Waals surface area (Å²) >= 11 is 5.80. The Bertz CT molecular complexity index is 734. The van der Waals surface area contributed by atoms with Gasteiger partial charge in [0.1, 0.15) is 5.82 Å². The summed E-state index contributed by atoms with van der Waals surface area (Å²) in [5.41, 5.74) is 0.619. The average molecular weight is 347 g/mol. The van der Waals surface area contributed by atoms with Crippen LogP contribution in [0.25, 0.3) is 0 Å². The maximum Gasteiger partial charge on any atom is 0.417 e. The molecule has 2 aromatic carbocycles. The van der Waals surface area contributed by atoms with Crippen molar-refractivity contribution < 1.29 is 22.4 Å². The second-order valence-corrected chi connectivity index (χ2v) is 4.91. The second-order valence-electron chi connectivity index (χ2n) is 4.50. The van der Waals surface area contributed by atoms with Crippen molar-refractivity contribution in [2.45, 2.75) is 6.18 Å². The number of nitrogens with zero attached hydrogens (tertiary/aromatic N) is 1. The molecule has 0 aliphatic rings. The van der Waals surface area contributed by atoms with E-state index in [-0.39, 0.29) is 10.7 Å². The number of hydrazine groups is 1. The first-order valence-electron chi connectivity index (χ1n) is 6.39. The number of halogens is 5. The molecule has 3 nitrogen and oxygen atoms in total. The lowest BCUT2D eigenvalue weighted by molar-refractivity contribution is -0.137. The molecule has 2 aromatic rings. The molecule has 0 aliphatic carbocycles. The van der Waals surface area contributed by atoms with Crippen LogP contribution >= 0.6 is 11.6 Å². The summed E-state index contributed by atoms with van der Waals surface area (Å²) < 4.78 is 52.6. The molecule has 0 aliphatic heterocycles. The zero-order valence-corrected chi connectivity index (χ0v) is 12.5. The van der Waals surface area contributed by atoms with Crippen LogP contribution in [0.15, 0.2) is 42.5 Å². The van der Waals surface area contributed by atoms with Crippen molar-refractivity contribution in [3.63, 3.8) is 0 Å².